The molecule has 0 N–H and O–H groups in total. The zero-order valence-electron chi connectivity index (χ0n) is 19.4. The zero-order chi connectivity index (χ0) is 24.2. The summed E-state index contributed by atoms with van der Waals surface area (Å²) in [5, 5.41) is 0.695. The number of benzene rings is 2. The summed E-state index contributed by atoms with van der Waals surface area (Å²) in [5.41, 5.74) is 1.42. The van der Waals surface area contributed by atoms with Crippen LogP contribution < -0.4 is 4.74 Å². The predicted molar refractivity (Wildman–Crippen MR) is 127 cm³/mol. The summed E-state index contributed by atoms with van der Waals surface area (Å²) in [5.74, 6) is -0.183. The van der Waals surface area contributed by atoms with Gasteiger partial charge in [0.2, 0.25) is 0 Å². The smallest absolute Gasteiger partial charge is 0.356 e. The molecule has 0 bridgehead atoms. The van der Waals surface area contributed by atoms with Crippen molar-refractivity contribution < 1.29 is 23.9 Å². The van der Waals surface area contributed by atoms with Crippen molar-refractivity contribution in [3.63, 3.8) is 0 Å². The number of piperazine rings is 1. The molecule has 2 amide bonds. The van der Waals surface area contributed by atoms with Crippen LogP contribution in [0.15, 0.2) is 60.7 Å². The number of ether oxygens (including phenoxy) is 2. The van der Waals surface area contributed by atoms with Gasteiger partial charge in [0.25, 0.3) is 11.8 Å². The first-order chi connectivity index (χ1) is 16.4. The number of nitrogens with zero attached hydrogens (tertiary/aromatic N) is 3. The number of hydrogen-bond acceptors (Lipinski definition) is 6. The topological polar surface area (TPSA) is 89.0 Å². The maximum absolute atomic E-state index is 13.2. The summed E-state index contributed by atoms with van der Waals surface area (Å²) in [6.07, 6.45) is -0.732. The molecule has 2 atom stereocenters. The van der Waals surface area contributed by atoms with Gasteiger partial charge in [-0.1, -0.05) is 24.3 Å². The van der Waals surface area contributed by atoms with Gasteiger partial charge >= 0.3 is 5.97 Å². The van der Waals surface area contributed by atoms with Crippen molar-refractivity contribution in [3.05, 3.63) is 71.9 Å². The third kappa shape index (κ3) is 4.71. The molecule has 8 nitrogen and oxygen atoms in total. The molecule has 2 heterocycles. The van der Waals surface area contributed by atoms with Gasteiger partial charge in [-0.05, 0) is 50.2 Å². The fraction of sp³-hybridized carbons (Fsp3) is 0.308. The molecule has 34 heavy (non-hydrogen) atoms. The Morgan fingerprint density at radius 3 is 2.47 bits per heavy atom. The first-order valence-corrected chi connectivity index (χ1v) is 11.2. The number of carbonyl (C=O) groups excluding carboxylic acids is 3. The van der Waals surface area contributed by atoms with E-state index in [1.807, 2.05) is 25.1 Å². The van der Waals surface area contributed by atoms with Crippen LogP contribution in [0.3, 0.4) is 0 Å². The van der Waals surface area contributed by atoms with E-state index in [9.17, 15) is 14.4 Å². The number of rotatable bonds is 5. The van der Waals surface area contributed by atoms with Crippen LogP contribution in [-0.4, -0.2) is 71.5 Å². The molecule has 0 saturated carbocycles. The van der Waals surface area contributed by atoms with E-state index in [1.54, 1.807) is 59.2 Å². The second kappa shape index (κ2) is 9.91. The Balaban J connectivity index is 1.43. The molecule has 0 spiro atoms. The maximum atomic E-state index is 13.2. The minimum Gasteiger partial charge on any atom is -0.480 e. The van der Waals surface area contributed by atoms with Crippen LogP contribution in [-0.2, 0) is 9.53 Å². The standard InChI is InChI=1S/C26H27N3O5/c1-17-16-28(25(31)19-8-5-4-6-9-19)14-15-29(17)24(30)18(2)34-23-11-7-10-21-20(23)12-13-22(27-21)26(32)33-3/h4-13,17-18H,14-16H2,1-3H3/t17-,18?/m1/s1. The Morgan fingerprint density at radius 2 is 1.76 bits per heavy atom. The molecule has 3 aromatic rings. The lowest BCUT2D eigenvalue weighted by atomic mass is 10.1. The molecule has 0 radical (unpaired) electrons. The van der Waals surface area contributed by atoms with Crippen LogP contribution in [0.2, 0.25) is 0 Å². The first kappa shape index (κ1) is 23.2. The van der Waals surface area contributed by atoms with Crippen molar-refractivity contribution in [2.45, 2.75) is 26.0 Å². The van der Waals surface area contributed by atoms with Crippen molar-refractivity contribution in [1.29, 1.82) is 0 Å². The molecule has 8 heteroatoms. The highest BCUT2D eigenvalue weighted by Gasteiger charge is 2.33. The van der Waals surface area contributed by atoms with E-state index in [-0.39, 0.29) is 23.6 Å². The number of amides is 2. The third-order valence-corrected chi connectivity index (χ3v) is 5.96. The van der Waals surface area contributed by atoms with E-state index < -0.39 is 12.1 Å². The van der Waals surface area contributed by atoms with E-state index in [2.05, 4.69) is 4.98 Å². The van der Waals surface area contributed by atoms with Crippen LogP contribution in [0, 0.1) is 0 Å². The Hall–Kier alpha value is -3.94. The number of esters is 1. The van der Waals surface area contributed by atoms with Gasteiger partial charge in [-0.2, -0.15) is 0 Å². The number of fused-ring (bicyclic) bond motifs is 1. The van der Waals surface area contributed by atoms with Gasteiger partial charge in [0.05, 0.1) is 12.6 Å². The summed E-state index contributed by atoms with van der Waals surface area (Å²) >= 11 is 0. The van der Waals surface area contributed by atoms with Gasteiger partial charge in [-0.3, -0.25) is 9.59 Å². The Bertz CT molecular complexity index is 1210. The monoisotopic (exact) mass is 461 g/mol. The Kier molecular flexibility index (Phi) is 6.77. The molecule has 1 fully saturated rings. The molecule has 1 aliphatic rings. The van der Waals surface area contributed by atoms with E-state index in [4.69, 9.17) is 9.47 Å². The molecule has 1 aromatic heterocycles. The fourth-order valence-electron chi connectivity index (χ4n) is 4.15. The maximum Gasteiger partial charge on any atom is 0.356 e. The van der Waals surface area contributed by atoms with Gasteiger partial charge < -0.3 is 19.3 Å². The van der Waals surface area contributed by atoms with Crippen molar-refractivity contribution >= 4 is 28.7 Å². The molecular weight excluding hydrogens is 434 g/mol. The highest BCUT2D eigenvalue weighted by molar-refractivity contribution is 5.95. The molecule has 1 saturated heterocycles. The van der Waals surface area contributed by atoms with E-state index in [0.29, 0.717) is 41.9 Å². The highest BCUT2D eigenvalue weighted by Crippen LogP contribution is 2.26. The second-order valence-corrected chi connectivity index (χ2v) is 8.27. The average molecular weight is 462 g/mol. The number of hydrogen-bond donors (Lipinski definition) is 0. The van der Waals surface area contributed by atoms with Crippen LogP contribution in [0.4, 0.5) is 0 Å². The normalized spacial score (nSPS) is 16.7. The van der Waals surface area contributed by atoms with Gasteiger partial charge in [0, 0.05) is 36.6 Å². The molecular formula is C26H27N3O5. The fourth-order valence-corrected chi connectivity index (χ4v) is 4.15. The van der Waals surface area contributed by atoms with E-state index in [1.165, 1.54) is 7.11 Å². The second-order valence-electron chi connectivity index (χ2n) is 8.27. The van der Waals surface area contributed by atoms with Gasteiger partial charge in [-0.25, -0.2) is 9.78 Å². The summed E-state index contributed by atoms with van der Waals surface area (Å²) in [4.78, 5) is 45.6. The van der Waals surface area contributed by atoms with Crippen molar-refractivity contribution in [1.82, 2.24) is 14.8 Å². The lowest BCUT2D eigenvalue weighted by Crippen LogP contribution is -2.57. The summed E-state index contributed by atoms with van der Waals surface area (Å²) < 4.78 is 10.8. The number of methoxy groups -OCH3 is 1. The molecule has 1 aliphatic heterocycles. The van der Waals surface area contributed by atoms with Crippen LogP contribution in [0.5, 0.6) is 5.75 Å². The minimum atomic E-state index is -0.732. The largest absolute Gasteiger partial charge is 0.480 e. The predicted octanol–water partition coefficient (Wildman–Crippen LogP) is 3.16. The molecule has 176 valence electrons. The molecule has 0 aliphatic carbocycles. The van der Waals surface area contributed by atoms with Gasteiger partial charge in [0.15, 0.2) is 6.10 Å². The van der Waals surface area contributed by atoms with Crippen molar-refractivity contribution in [3.8, 4) is 5.75 Å². The average Bonchev–Trinajstić information content (AvgIpc) is 2.87. The Labute approximate surface area is 198 Å². The van der Waals surface area contributed by atoms with E-state index in [0.717, 1.165) is 0 Å². The molecule has 4 rings (SSSR count). The van der Waals surface area contributed by atoms with Crippen LogP contribution in [0.25, 0.3) is 10.9 Å². The summed E-state index contributed by atoms with van der Waals surface area (Å²) in [7, 11) is 1.30. The van der Waals surface area contributed by atoms with Crippen LogP contribution in [0.1, 0.15) is 34.7 Å². The van der Waals surface area contributed by atoms with E-state index >= 15 is 0 Å². The lowest BCUT2D eigenvalue weighted by Gasteiger charge is -2.40. The number of aromatic nitrogens is 1. The number of pyridine rings is 1. The highest BCUT2D eigenvalue weighted by atomic mass is 16.5. The number of carbonyl (C=O) groups is 3. The SMILES string of the molecule is COC(=O)c1ccc2c(OC(C)C(=O)N3CCN(C(=O)c4ccccc4)C[C@H]3C)cccc2n1. The summed E-state index contributed by atoms with van der Waals surface area (Å²) in [6.45, 7) is 5.01. The third-order valence-electron chi connectivity index (χ3n) is 5.96. The minimum absolute atomic E-state index is 0.0292. The summed E-state index contributed by atoms with van der Waals surface area (Å²) in [6, 6.07) is 17.6. The molecule has 1 unspecified atom stereocenters. The lowest BCUT2D eigenvalue weighted by molar-refractivity contribution is -0.142. The van der Waals surface area contributed by atoms with Crippen molar-refractivity contribution in [2.24, 2.45) is 0 Å². The van der Waals surface area contributed by atoms with Crippen molar-refractivity contribution in [2.75, 3.05) is 26.7 Å². The van der Waals surface area contributed by atoms with Gasteiger partial charge in [-0.15, -0.1) is 0 Å². The molecule has 2 aromatic carbocycles. The zero-order valence-corrected chi connectivity index (χ0v) is 19.4. The van der Waals surface area contributed by atoms with Gasteiger partial charge in [0.1, 0.15) is 11.4 Å². The quantitative estimate of drug-likeness (QED) is 0.543. The first-order valence-electron chi connectivity index (χ1n) is 11.2. The Morgan fingerprint density at radius 1 is 1.00 bits per heavy atom. The van der Waals surface area contributed by atoms with Crippen LogP contribution >= 0.6 is 0 Å².